The molecule has 0 aliphatic carbocycles. The highest BCUT2D eigenvalue weighted by Crippen LogP contribution is 2.21. The van der Waals surface area contributed by atoms with Crippen LogP contribution < -0.4 is 10.2 Å². The van der Waals surface area contributed by atoms with E-state index in [1.165, 1.54) is 5.56 Å². The predicted molar refractivity (Wildman–Crippen MR) is 90.6 cm³/mol. The summed E-state index contributed by atoms with van der Waals surface area (Å²) in [4.78, 5) is 15.6. The van der Waals surface area contributed by atoms with Gasteiger partial charge in [-0.1, -0.05) is 26.0 Å². The van der Waals surface area contributed by atoms with Gasteiger partial charge in [0, 0.05) is 12.4 Å². The van der Waals surface area contributed by atoms with Gasteiger partial charge in [-0.3, -0.25) is 9.78 Å². The maximum atomic E-state index is 11.7. The fourth-order valence-corrected chi connectivity index (χ4v) is 1.94. The van der Waals surface area contributed by atoms with Crippen molar-refractivity contribution in [2.45, 2.75) is 26.2 Å². The first-order valence-electron chi connectivity index (χ1n) is 7.63. The average Bonchev–Trinajstić information content (AvgIpc) is 2.60. The molecule has 0 radical (unpaired) electrons. The lowest BCUT2D eigenvalue weighted by molar-refractivity contribution is -0.123. The van der Waals surface area contributed by atoms with Crippen LogP contribution in [0.25, 0.3) is 0 Å². The van der Waals surface area contributed by atoms with Gasteiger partial charge in [0.1, 0.15) is 5.75 Å². The smallest absolute Gasteiger partial charge is 0.277 e. The lowest BCUT2D eigenvalue weighted by Crippen LogP contribution is -2.24. The van der Waals surface area contributed by atoms with Crippen molar-refractivity contribution >= 4 is 12.1 Å². The second kappa shape index (κ2) is 8.68. The molecule has 5 nitrogen and oxygen atoms in total. The lowest BCUT2D eigenvalue weighted by Gasteiger charge is -2.10. The number of nitrogens with one attached hydrogen (secondary N) is 1. The van der Waals surface area contributed by atoms with Gasteiger partial charge in [-0.05, 0) is 47.7 Å². The van der Waals surface area contributed by atoms with Crippen LogP contribution in [0.4, 0.5) is 0 Å². The summed E-state index contributed by atoms with van der Waals surface area (Å²) >= 11 is 0. The van der Waals surface area contributed by atoms with Gasteiger partial charge in [-0.2, -0.15) is 5.10 Å². The van der Waals surface area contributed by atoms with Crippen molar-refractivity contribution in [2.75, 3.05) is 6.61 Å². The Hall–Kier alpha value is -2.69. The Balaban J connectivity index is 1.77. The Morgan fingerprint density at radius 2 is 1.96 bits per heavy atom. The minimum atomic E-state index is -0.304. The highest BCUT2D eigenvalue weighted by molar-refractivity contribution is 5.82. The quantitative estimate of drug-likeness (QED) is 0.631. The standard InChI is InChI=1S/C18H21N3O2/c1-3-14(2)16-4-6-17(7-5-16)23-13-18(22)21-20-12-15-8-10-19-11-9-15/h4-12,14H,3,13H2,1-2H3,(H,21,22)/b20-12+. The normalized spacial score (nSPS) is 12.1. The zero-order valence-corrected chi connectivity index (χ0v) is 13.4. The van der Waals surface area contributed by atoms with Crippen molar-refractivity contribution in [1.82, 2.24) is 10.4 Å². The highest BCUT2D eigenvalue weighted by Gasteiger charge is 2.04. The molecule has 1 amide bonds. The zero-order chi connectivity index (χ0) is 16.5. The third kappa shape index (κ3) is 5.54. The summed E-state index contributed by atoms with van der Waals surface area (Å²) < 4.78 is 5.44. The Morgan fingerprint density at radius 3 is 2.61 bits per heavy atom. The van der Waals surface area contributed by atoms with Crippen LogP contribution in [0.2, 0.25) is 0 Å². The number of amides is 1. The van der Waals surface area contributed by atoms with E-state index in [0.29, 0.717) is 11.7 Å². The maximum Gasteiger partial charge on any atom is 0.277 e. The van der Waals surface area contributed by atoms with Gasteiger partial charge in [0.05, 0.1) is 6.21 Å². The second-order valence-electron chi connectivity index (χ2n) is 5.24. The lowest BCUT2D eigenvalue weighted by atomic mass is 9.99. The third-order valence-electron chi connectivity index (χ3n) is 3.54. The number of benzene rings is 1. The first-order valence-corrected chi connectivity index (χ1v) is 7.63. The van der Waals surface area contributed by atoms with E-state index in [4.69, 9.17) is 4.74 Å². The van der Waals surface area contributed by atoms with E-state index in [1.54, 1.807) is 30.7 Å². The van der Waals surface area contributed by atoms with Crippen molar-refractivity contribution in [1.29, 1.82) is 0 Å². The zero-order valence-electron chi connectivity index (χ0n) is 13.4. The minimum Gasteiger partial charge on any atom is -0.484 e. The van der Waals surface area contributed by atoms with Crippen LogP contribution in [0.3, 0.4) is 0 Å². The van der Waals surface area contributed by atoms with Crippen LogP contribution in [-0.2, 0) is 4.79 Å². The Bertz CT molecular complexity index is 639. The van der Waals surface area contributed by atoms with E-state index in [-0.39, 0.29) is 12.5 Å². The van der Waals surface area contributed by atoms with Gasteiger partial charge in [0.25, 0.3) is 5.91 Å². The summed E-state index contributed by atoms with van der Waals surface area (Å²) in [6, 6.07) is 11.4. The summed E-state index contributed by atoms with van der Waals surface area (Å²) in [5, 5.41) is 3.87. The predicted octanol–water partition coefficient (Wildman–Crippen LogP) is 3.12. The molecule has 2 aromatic rings. The number of ether oxygens (including phenoxy) is 1. The third-order valence-corrected chi connectivity index (χ3v) is 3.54. The number of rotatable bonds is 7. The van der Waals surface area contributed by atoms with Gasteiger partial charge in [-0.25, -0.2) is 5.43 Å². The van der Waals surface area contributed by atoms with E-state index >= 15 is 0 Å². The first kappa shape index (κ1) is 16.7. The fraction of sp³-hybridized carbons (Fsp3) is 0.278. The SMILES string of the molecule is CCC(C)c1ccc(OCC(=O)N/N=C/c2ccncc2)cc1. The molecule has 0 saturated heterocycles. The number of pyridine rings is 1. The van der Waals surface area contributed by atoms with E-state index < -0.39 is 0 Å². The number of hydrogen-bond acceptors (Lipinski definition) is 4. The van der Waals surface area contributed by atoms with Crippen LogP contribution in [-0.4, -0.2) is 23.7 Å². The summed E-state index contributed by atoms with van der Waals surface area (Å²) in [5.41, 5.74) is 4.56. The number of hydrazone groups is 1. The van der Waals surface area contributed by atoms with E-state index in [0.717, 1.165) is 12.0 Å². The molecule has 0 aliphatic rings. The Kier molecular flexibility index (Phi) is 6.29. The monoisotopic (exact) mass is 311 g/mol. The Morgan fingerprint density at radius 1 is 1.26 bits per heavy atom. The number of nitrogens with zero attached hydrogens (tertiary/aromatic N) is 2. The average molecular weight is 311 g/mol. The van der Waals surface area contributed by atoms with Gasteiger partial charge in [-0.15, -0.1) is 0 Å². The summed E-state index contributed by atoms with van der Waals surface area (Å²) in [6.07, 6.45) is 5.98. The van der Waals surface area contributed by atoms with Crippen LogP contribution in [0.5, 0.6) is 5.75 Å². The molecule has 1 aromatic heterocycles. The largest absolute Gasteiger partial charge is 0.484 e. The molecule has 0 bridgehead atoms. The fourth-order valence-electron chi connectivity index (χ4n) is 1.94. The molecule has 1 aromatic carbocycles. The summed E-state index contributed by atoms with van der Waals surface area (Å²) in [6.45, 7) is 4.27. The summed E-state index contributed by atoms with van der Waals surface area (Å²) in [5.74, 6) is 0.890. The van der Waals surface area contributed by atoms with Crippen molar-refractivity contribution in [3.8, 4) is 5.75 Å². The maximum absolute atomic E-state index is 11.7. The molecule has 1 N–H and O–H groups in total. The number of carbonyl (C=O) groups excluding carboxylic acids is 1. The van der Waals surface area contributed by atoms with E-state index in [9.17, 15) is 4.79 Å². The molecule has 1 unspecified atom stereocenters. The van der Waals surface area contributed by atoms with Crippen LogP contribution in [0.1, 0.15) is 37.3 Å². The van der Waals surface area contributed by atoms with Crippen molar-refractivity contribution in [3.05, 3.63) is 59.9 Å². The Labute approximate surface area is 136 Å². The van der Waals surface area contributed by atoms with Gasteiger partial charge >= 0.3 is 0 Å². The molecule has 5 heteroatoms. The number of carbonyl (C=O) groups is 1. The number of hydrogen-bond donors (Lipinski definition) is 1. The molecule has 0 aliphatic heterocycles. The van der Waals surface area contributed by atoms with Crippen LogP contribution >= 0.6 is 0 Å². The first-order chi connectivity index (χ1) is 11.2. The molecular formula is C18H21N3O2. The molecular weight excluding hydrogens is 290 g/mol. The molecule has 120 valence electrons. The molecule has 0 spiro atoms. The van der Waals surface area contributed by atoms with E-state index in [1.807, 2.05) is 24.3 Å². The topological polar surface area (TPSA) is 63.6 Å². The van der Waals surface area contributed by atoms with Gasteiger partial charge in [0.2, 0.25) is 0 Å². The molecule has 0 saturated carbocycles. The molecule has 1 heterocycles. The molecule has 23 heavy (non-hydrogen) atoms. The van der Waals surface area contributed by atoms with Crippen molar-refractivity contribution in [3.63, 3.8) is 0 Å². The van der Waals surface area contributed by atoms with Gasteiger partial charge < -0.3 is 4.74 Å². The van der Waals surface area contributed by atoms with Crippen molar-refractivity contribution < 1.29 is 9.53 Å². The van der Waals surface area contributed by atoms with Crippen LogP contribution in [0, 0.1) is 0 Å². The van der Waals surface area contributed by atoms with E-state index in [2.05, 4.69) is 29.4 Å². The molecule has 1 atom stereocenters. The number of aromatic nitrogens is 1. The minimum absolute atomic E-state index is 0.0731. The second-order valence-corrected chi connectivity index (χ2v) is 5.24. The molecule has 0 fully saturated rings. The van der Waals surface area contributed by atoms with Crippen LogP contribution in [0.15, 0.2) is 53.9 Å². The molecule has 2 rings (SSSR count). The highest BCUT2D eigenvalue weighted by atomic mass is 16.5. The van der Waals surface area contributed by atoms with Gasteiger partial charge in [0.15, 0.2) is 6.61 Å². The van der Waals surface area contributed by atoms with Crippen molar-refractivity contribution in [2.24, 2.45) is 5.10 Å². The summed E-state index contributed by atoms with van der Waals surface area (Å²) in [7, 11) is 0.